The highest BCUT2D eigenvalue weighted by molar-refractivity contribution is 6.99. The van der Waals surface area contributed by atoms with E-state index in [1.807, 2.05) is 13.8 Å². The van der Waals surface area contributed by atoms with Crippen molar-refractivity contribution >= 4 is 24.7 Å². The molecule has 1 spiro atoms. The lowest BCUT2D eigenvalue weighted by atomic mass is 9.78. The molecule has 0 radical (unpaired) electrons. The van der Waals surface area contributed by atoms with E-state index >= 15 is 0 Å². The molecule has 2 aromatic carbocycles. The van der Waals surface area contributed by atoms with Crippen LogP contribution in [0.25, 0.3) is 0 Å². The number of ether oxygens (including phenoxy) is 5. The first kappa shape index (κ1) is 36.8. The van der Waals surface area contributed by atoms with Crippen LogP contribution in [-0.2, 0) is 32.9 Å². The van der Waals surface area contributed by atoms with Gasteiger partial charge in [-0.3, -0.25) is 4.79 Å². The van der Waals surface area contributed by atoms with Crippen molar-refractivity contribution in [3.05, 3.63) is 60.7 Å². The Morgan fingerprint density at radius 1 is 0.957 bits per heavy atom. The first-order valence-electron chi connectivity index (χ1n) is 17.3. The molecule has 7 nitrogen and oxygen atoms in total. The number of rotatable bonds is 15. The monoisotopic (exact) mass is 654 g/mol. The lowest BCUT2D eigenvalue weighted by Crippen LogP contribution is -2.67. The molecule has 0 bridgehead atoms. The Morgan fingerprint density at radius 3 is 2.04 bits per heavy atom. The number of methoxy groups -OCH3 is 1. The number of hydrogen-bond donors (Lipinski definition) is 0. The molecule has 1 heterocycles. The van der Waals surface area contributed by atoms with Crippen molar-refractivity contribution in [1.82, 2.24) is 0 Å². The SMILES string of the molecule is CCOC(C)O[C@H]([C@H]1COC2(CCCCC2)C1)[C@H](OC(C)=O)[C@@H](OC)[C@@H](C)CO[Si](c1ccccc1)(c1ccccc1)C(C)(C)C. The molecule has 0 amide bonds. The summed E-state index contributed by atoms with van der Waals surface area (Å²) in [5, 5.41) is 2.28. The largest absolute Gasteiger partial charge is 0.457 e. The maximum absolute atomic E-state index is 12.7. The van der Waals surface area contributed by atoms with Crippen molar-refractivity contribution in [3.8, 4) is 0 Å². The summed E-state index contributed by atoms with van der Waals surface area (Å²) in [6, 6.07) is 21.3. The van der Waals surface area contributed by atoms with Crippen LogP contribution in [0.15, 0.2) is 60.7 Å². The molecule has 0 aromatic heterocycles. The fourth-order valence-electron chi connectivity index (χ4n) is 7.90. The molecule has 1 saturated heterocycles. The molecule has 6 atom stereocenters. The molecule has 8 heteroatoms. The van der Waals surface area contributed by atoms with Crippen LogP contribution < -0.4 is 10.4 Å². The normalized spacial score (nSPS) is 21.8. The van der Waals surface area contributed by atoms with Crippen molar-refractivity contribution in [2.24, 2.45) is 11.8 Å². The highest BCUT2D eigenvalue weighted by Crippen LogP contribution is 2.45. The molecule has 2 aromatic rings. The number of carbonyl (C=O) groups is 1. The van der Waals surface area contributed by atoms with Crippen LogP contribution in [0.5, 0.6) is 0 Å². The van der Waals surface area contributed by atoms with Crippen molar-refractivity contribution in [1.29, 1.82) is 0 Å². The topological polar surface area (TPSA) is 72.5 Å². The van der Waals surface area contributed by atoms with E-state index in [1.165, 1.54) is 36.6 Å². The summed E-state index contributed by atoms with van der Waals surface area (Å²) >= 11 is 0. The Bertz CT molecular complexity index is 1160. The second kappa shape index (κ2) is 16.4. The zero-order valence-electron chi connectivity index (χ0n) is 29.5. The molecule has 1 aliphatic heterocycles. The van der Waals surface area contributed by atoms with Gasteiger partial charge in [-0.1, -0.05) is 108 Å². The van der Waals surface area contributed by atoms with Gasteiger partial charge in [0.2, 0.25) is 0 Å². The Kier molecular flexibility index (Phi) is 13.1. The smallest absolute Gasteiger partial charge is 0.303 e. The standard InChI is InChI=1S/C38H58O7Si/c1-9-41-30(4)45-35(31-25-38(42-27-31)23-17-12-18-24-38)36(44-29(3)39)34(40-8)28(2)26-43-46(37(5,6)7,32-19-13-10-14-20-32)33-21-15-11-16-22-33/h10-11,13-16,19-22,28,30-31,34-36H,9,12,17-18,23-27H2,1-8H3/t28-,30?,31+,34-,35+,36+/m0/s1. The molecule has 1 aliphatic carbocycles. The van der Waals surface area contributed by atoms with Gasteiger partial charge in [-0.2, -0.15) is 0 Å². The minimum absolute atomic E-state index is 0.0350. The first-order valence-corrected chi connectivity index (χ1v) is 19.2. The average Bonchev–Trinajstić information content (AvgIpc) is 3.43. The molecule has 2 aliphatic rings. The maximum atomic E-state index is 12.7. The van der Waals surface area contributed by atoms with Crippen LogP contribution in [0.4, 0.5) is 0 Å². The van der Waals surface area contributed by atoms with Gasteiger partial charge in [-0.05, 0) is 48.5 Å². The third-order valence-electron chi connectivity index (χ3n) is 9.98. The zero-order chi connectivity index (χ0) is 33.4. The van der Waals surface area contributed by atoms with E-state index in [0.717, 1.165) is 19.3 Å². The van der Waals surface area contributed by atoms with Gasteiger partial charge < -0.3 is 28.1 Å². The van der Waals surface area contributed by atoms with Crippen LogP contribution >= 0.6 is 0 Å². The molecule has 4 rings (SSSR count). The lowest BCUT2D eigenvalue weighted by Gasteiger charge is -2.44. The summed E-state index contributed by atoms with van der Waals surface area (Å²) in [4.78, 5) is 12.7. The highest BCUT2D eigenvalue weighted by atomic mass is 28.4. The number of benzene rings is 2. The predicted molar refractivity (Wildman–Crippen MR) is 185 cm³/mol. The van der Waals surface area contributed by atoms with Crippen molar-refractivity contribution in [2.45, 2.75) is 122 Å². The van der Waals surface area contributed by atoms with Crippen molar-refractivity contribution < 1.29 is 32.9 Å². The lowest BCUT2D eigenvalue weighted by molar-refractivity contribution is -0.224. The van der Waals surface area contributed by atoms with E-state index in [9.17, 15) is 4.79 Å². The average molecular weight is 655 g/mol. The summed E-state index contributed by atoms with van der Waals surface area (Å²) in [6.07, 6.45) is 4.51. The van der Waals surface area contributed by atoms with E-state index < -0.39 is 32.9 Å². The minimum Gasteiger partial charge on any atom is -0.457 e. The second-order valence-corrected chi connectivity index (χ2v) is 18.7. The maximum Gasteiger partial charge on any atom is 0.303 e. The van der Waals surface area contributed by atoms with Gasteiger partial charge in [-0.15, -0.1) is 0 Å². The summed E-state index contributed by atoms with van der Waals surface area (Å²) in [7, 11) is -1.10. The molecular weight excluding hydrogens is 596 g/mol. The van der Waals surface area contributed by atoms with Gasteiger partial charge in [0.05, 0.1) is 12.2 Å². The van der Waals surface area contributed by atoms with E-state index in [0.29, 0.717) is 19.8 Å². The van der Waals surface area contributed by atoms with Crippen LogP contribution in [-0.4, -0.2) is 71.4 Å². The molecular formula is C38H58O7Si. The van der Waals surface area contributed by atoms with E-state index in [4.69, 9.17) is 28.1 Å². The van der Waals surface area contributed by atoms with E-state index in [-0.39, 0.29) is 28.4 Å². The first-order chi connectivity index (χ1) is 22.0. The van der Waals surface area contributed by atoms with Gasteiger partial charge >= 0.3 is 5.97 Å². The Hall–Kier alpha value is -2.07. The van der Waals surface area contributed by atoms with Gasteiger partial charge in [0.1, 0.15) is 12.2 Å². The second-order valence-electron chi connectivity index (χ2n) is 14.4. The number of hydrogen-bond acceptors (Lipinski definition) is 7. The van der Waals surface area contributed by atoms with Crippen LogP contribution in [0, 0.1) is 11.8 Å². The third-order valence-corrected chi connectivity index (χ3v) is 15.0. The van der Waals surface area contributed by atoms with Gasteiger partial charge in [-0.25, -0.2) is 0 Å². The highest BCUT2D eigenvalue weighted by Gasteiger charge is 2.52. The van der Waals surface area contributed by atoms with Crippen LogP contribution in [0.1, 0.15) is 87.0 Å². The van der Waals surface area contributed by atoms with Crippen molar-refractivity contribution in [2.75, 3.05) is 26.9 Å². The molecule has 1 saturated carbocycles. The van der Waals surface area contributed by atoms with Gasteiger partial charge in [0, 0.05) is 39.1 Å². The van der Waals surface area contributed by atoms with Gasteiger partial charge in [0.15, 0.2) is 12.4 Å². The fraction of sp³-hybridized carbons (Fsp3) is 0.658. The fourth-order valence-corrected chi connectivity index (χ4v) is 12.6. The summed E-state index contributed by atoms with van der Waals surface area (Å²) < 4.78 is 38.8. The molecule has 1 unspecified atom stereocenters. The molecule has 0 N–H and O–H groups in total. The molecule has 256 valence electrons. The van der Waals surface area contributed by atoms with Crippen LogP contribution in [0.3, 0.4) is 0 Å². The summed E-state index contributed by atoms with van der Waals surface area (Å²) in [5.74, 6) is -0.459. The summed E-state index contributed by atoms with van der Waals surface area (Å²) in [6.45, 7) is 15.8. The minimum atomic E-state index is -2.79. The van der Waals surface area contributed by atoms with E-state index in [2.05, 4.69) is 88.4 Å². The van der Waals surface area contributed by atoms with Gasteiger partial charge in [0.25, 0.3) is 8.32 Å². The number of esters is 1. The quantitative estimate of drug-likeness (QED) is 0.121. The Balaban J connectivity index is 1.67. The number of carbonyl (C=O) groups excluding carboxylic acids is 1. The molecule has 2 fully saturated rings. The molecule has 46 heavy (non-hydrogen) atoms. The zero-order valence-corrected chi connectivity index (χ0v) is 30.5. The van der Waals surface area contributed by atoms with Crippen molar-refractivity contribution in [3.63, 3.8) is 0 Å². The van der Waals surface area contributed by atoms with Crippen LogP contribution in [0.2, 0.25) is 5.04 Å². The summed E-state index contributed by atoms with van der Waals surface area (Å²) in [5.41, 5.74) is -0.124. The van der Waals surface area contributed by atoms with E-state index in [1.54, 1.807) is 7.11 Å². The third kappa shape index (κ3) is 8.49. The predicted octanol–water partition coefficient (Wildman–Crippen LogP) is 6.65. The Labute approximate surface area is 278 Å². The Morgan fingerprint density at radius 2 is 1.54 bits per heavy atom.